The third-order valence-electron chi connectivity index (χ3n) is 4.35. The van der Waals surface area contributed by atoms with Crippen molar-refractivity contribution in [3.8, 4) is 23.3 Å². The highest BCUT2D eigenvalue weighted by atomic mass is 19.1. The van der Waals surface area contributed by atoms with Gasteiger partial charge in [-0.25, -0.2) is 9.82 Å². The quantitative estimate of drug-likeness (QED) is 0.479. The van der Waals surface area contributed by atoms with Crippen molar-refractivity contribution in [2.45, 2.75) is 6.92 Å². The molecule has 0 bridgehead atoms. The van der Waals surface area contributed by atoms with Gasteiger partial charge < -0.3 is 9.84 Å². The average molecular weight is 421 g/mol. The van der Waals surface area contributed by atoms with Gasteiger partial charge in [0.05, 0.1) is 19.0 Å². The number of para-hydroxylation sites is 1. The maximum absolute atomic E-state index is 13.2. The number of nitrogens with zero attached hydrogens (tertiary/aromatic N) is 4. The van der Waals surface area contributed by atoms with E-state index in [1.54, 1.807) is 24.3 Å². The number of rotatable bonds is 5. The standard InChI is InChI=1S/C21H16FN5O4/c1-12-16(10-23)21(30)27(15-8-6-14(22)7-9-15)26-18(12)20(29)25-24-11-13-4-3-5-17(31-2)19(13)28/h3-9,11,28H,1-2H3,(H,25,29)/b24-11+. The predicted octanol–water partition coefficient (Wildman–Crippen LogP) is 2.03. The molecule has 0 radical (unpaired) electrons. The molecular formula is C21H16FN5O4. The Morgan fingerprint density at radius 1 is 1.32 bits per heavy atom. The van der Waals surface area contributed by atoms with Crippen molar-refractivity contribution < 1.29 is 19.0 Å². The van der Waals surface area contributed by atoms with Crippen LogP contribution in [-0.2, 0) is 0 Å². The number of amides is 1. The van der Waals surface area contributed by atoms with Crippen LogP contribution in [-0.4, -0.2) is 34.1 Å². The van der Waals surface area contributed by atoms with Crippen LogP contribution in [0.2, 0.25) is 0 Å². The molecule has 156 valence electrons. The molecule has 0 saturated carbocycles. The molecule has 2 aromatic carbocycles. The minimum absolute atomic E-state index is 0.0720. The van der Waals surface area contributed by atoms with Crippen molar-refractivity contribution >= 4 is 12.1 Å². The lowest BCUT2D eigenvalue weighted by molar-refractivity contribution is 0.0947. The fourth-order valence-electron chi connectivity index (χ4n) is 2.73. The second-order valence-corrected chi connectivity index (χ2v) is 6.25. The molecule has 3 aromatic rings. The number of phenols is 1. The van der Waals surface area contributed by atoms with Crippen LogP contribution in [0.1, 0.15) is 27.2 Å². The second kappa shape index (κ2) is 8.87. The summed E-state index contributed by atoms with van der Waals surface area (Å²) in [6.45, 7) is 1.41. The molecule has 0 saturated heterocycles. The molecule has 1 amide bonds. The minimum Gasteiger partial charge on any atom is -0.504 e. The van der Waals surface area contributed by atoms with E-state index in [1.165, 1.54) is 32.4 Å². The Kier molecular flexibility index (Phi) is 6.07. The number of phenolic OH excluding ortho intramolecular Hbond substituents is 1. The third-order valence-corrected chi connectivity index (χ3v) is 4.35. The van der Waals surface area contributed by atoms with Crippen LogP contribution in [0.25, 0.3) is 5.69 Å². The molecule has 3 rings (SSSR count). The highest BCUT2D eigenvalue weighted by Gasteiger charge is 2.20. The number of aromatic hydroxyl groups is 1. The lowest BCUT2D eigenvalue weighted by atomic mass is 10.1. The van der Waals surface area contributed by atoms with Gasteiger partial charge in [-0.05, 0) is 43.3 Å². The van der Waals surface area contributed by atoms with Crippen LogP contribution >= 0.6 is 0 Å². The fraction of sp³-hybridized carbons (Fsp3) is 0.0952. The number of hydrogen-bond donors (Lipinski definition) is 2. The van der Waals surface area contributed by atoms with E-state index in [0.29, 0.717) is 5.56 Å². The second-order valence-electron chi connectivity index (χ2n) is 6.25. The topological polar surface area (TPSA) is 130 Å². The number of nitriles is 1. The summed E-state index contributed by atoms with van der Waals surface area (Å²) in [5.74, 6) is -1.23. The van der Waals surface area contributed by atoms with Gasteiger partial charge in [0, 0.05) is 11.1 Å². The number of carbonyl (C=O) groups excluding carboxylic acids is 1. The van der Waals surface area contributed by atoms with Crippen molar-refractivity contribution in [1.29, 1.82) is 5.26 Å². The summed E-state index contributed by atoms with van der Waals surface area (Å²) >= 11 is 0. The number of benzene rings is 2. The number of carbonyl (C=O) groups is 1. The Balaban J connectivity index is 1.96. The average Bonchev–Trinajstić information content (AvgIpc) is 2.76. The van der Waals surface area contributed by atoms with E-state index in [-0.39, 0.29) is 34.0 Å². The van der Waals surface area contributed by atoms with Gasteiger partial charge in [0.25, 0.3) is 11.5 Å². The molecular weight excluding hydrogens is 405 g/mol. The number of methoxy groups -OCH3 is 1. The highest BCUT2D eigenvalue weighted by Crippen LogP contribution is 2.27. The van der Waals surface area contributed by atoms with Gasteiger partial charge >= 0.3 is 0 Å². The molecule has 0 spiro atoms. The van der Waals surface area contributed by atoms with Crippen molar-refractivity contribution in [2.24, 2.45) is 5.10 Å². The molecule has 10 heteroatoms. The van der Waals surface area contributed by atoms with Gasteiger partial charge in [0.15, 0.2) is 17.2 Å². The minimum atomic E-state index is -0.788. The van der Waals surface area contributed by atoms with Gasteiger partial charge in [0.1, 0.15) is 17.4 Å². The van der Waals surface area contributed by atoms with Crippen LogP contribution in [0.3, 0.4) is 0 Å². The van der Waals surface area contributed by atoms with Crippen LogP contribution in [0.15, 0.2) is 52.4 Å². The molecule has 0 aliphatic rings. The number of halogens is 1. The zero-order valence-electron chi connectivity index (χ0n) is 16.5. The van der Waals surface area contributed by atoms with Gasteiger partial charge in [0.2, 0.25) is 0 Å². The molecule has 1 heterocycles. The molecule has 1 aromatic heterocycles. The maximum atomic E-state index is 13.2. The fourth-order valence-corrected chi connectivity index (χ4v) is 2.73. The van der Waals surface area contributed by atoms with Gasteiger partial charge in [-0.15, -0.1) is 0 Å². The zero-order chi connectivity index (χ0) is 22.5. The van der Waals surface area contributed by atoms with Crippen LogP contribution in [0.4, 0.5) is 4.39 Å². The van der Waals surface area contributed by atoms with Gasteiger partial charge in [-0.1, -0.05) is 6.07 Å². The number of nitrogens with one attached hydrogen (secondary N) is 1. The van der Waals surface area contributed by atoms with E-state index in [2.05, 4.69) is 15.6 Å². The van der Waals surface area contributed by atoms with E-state index < -0.39 is 17.3 Å². The monoisotopic (exact) mass is 421 g/mol. The summed E-state index contributed by atoms with van der Waals surface area (Å²) in [6.07, 6.45) is 1.20. The van der Waals surface area contributed by atoms with Crippen LogP contribution < -0.4 is 15.7 Å². The predicted molar refractivity (Wildman–Crippen MR) is 109 cm³/mol. The molecule has 0 atom stereocenters. The van der Waals surface area contributed by atoms with Crippen molar-refractivity contribution in [2.75, 3.05) is 7.11 Å². The van der Waals surface area contributed by atoms with E-state index in [1.807, 2.05) is 0 Å². The Bertz CT molecular complexity index is 1280. The van der Waals surface area contributed by atoms with Crippen molar-refractivity contribution in [3.05, 3.63) is 81.0 Å². The lowest BCUT2D eigenvalue weighted by Gasteiger charge is -2.10. The SMILES string of the molecule is COc1cccc(/C=N/NC(=O)c2nn(-c3ccc(F)cc3)c(=O)c(C#N)c2C)c1O. The van der Waals surface area contributed by atoms with E-state index in [0.717, 1.165) is 16.8 Å². The number of ether oxygens (including phenoxy) is 1. The molecule has 0 aliphatic heterocycles. The summed E-state index contributed by atoms with van der Waals surface area (Å²) in [5, 5.41) is 27.2. The Morgan fingerprint density at radius 3 is 2.68 bits per heavy atom. The Labute approximate surface area is 175 Å². The van der Waals surface area contributed by atoms with Crippen molar-refractivity contribution in [1.82, 2.24) is 15.2 Å². The molecule has 2 N–H and O–H groups in total. The van der Waals surface area contributed by atoms with E-state index in [4.69, 9.17) is 4.74 Å². The van der Waals surface area contributed by atoms with E-state index in [9.17, 15) is 24.3 Å². The third kappa shape index (κ3) is 4.25. The zero-order valence-corrected chi connectivity index (χ0v) is 16.5. The molecule has 31 heavy (non-hydrogen) atoms. The highest BCUT2D eigenvalue weighted by molar-refractivity contribution is 5.95. The summed E-state index contributed by atoms with van der Waals surface area (Å²) in [4.78, 5) is 25.2. The van der Waals surface area contributed by atoms with Crippen LogP contribution in [0.5, 0.6) is 11.5 Å². The summed E-state index contributed by atoms with van der Waals surface area (Å²) < 4.78 is 19.1. The first kappa shape index (κ1) is 21.2. The maximum Gasteiger partial charge on any atom is 0.292 e. The largest absolute Gasteiger partial charge is 0.504 e. The summed E-state index contributed by atoms with van der Waals surface area (Å²) in [7, 11) is 1.40. The number of hydrogen-bond acceptors (Lipinski definition) is 7. The first-order valence-electron chi connectivity index (χ1n) is 8.86. The Morgan fingerprint density at radius 2 is 2.03 bits per heavy atom. The molecule has 0 unspecified atom stereocenters. The molecule has 0 aliphatic carbocycles. The molecule has 0 fully saturated rings. The Hall–Kier alpha value is -4.52. The number of aromatic nitrogens is 2. The van der Waals surface area contributed by atoms with E-state index >= 15 is 0 Å². The lowest BCUT2D eigenvalue weighted by Crippen LogP contribution is -2.31. The first-order chi connectivity index (χ1) is 14.9. The van der Waals surface area contributed by atoms with Crippen molar-refractivity contribution in [3.63, 3.8) is 0 Å². The van der Waals surface area contributed by atoms with Gasteiger partial charge in [-0.3, -0.25) is 9.59 Å². The first-order valence-corrected chi connectivity index (χ1v) is 8.86. The van der Waals surface area contributed by atoms with Gasteiger partial charge in [-0.2, -0.15) is 20.1 Å². The smallest absolute Gasteiger partial charge is 0.292 e. The molecule has 9 nitrogen and oxygen atoms in total. The van der Waals surface area contributed by atoms with Crippen LogP contribution in [0, 0.1) is 24.1 Å². The normalized spacial score (nSPS) is 10.6. The number of hydrazone groups is 1. The summed E-state index contributed by atoms with van der Waals surface area (Å²) in [6, 6.07) is 11.4. The summed E-state index contributed by atoms with van der Waals surface area (Å²) in [5.41, 5.74) is 1.55.